The Balaban J connectivity index is 2.87. The molecule has 1 aliphatic rings. The molecule has 2 N–H and O–H groups in total. The molecular formula is C20H34O2. The van der Waals surface area contributed by atoms with Crippen LogP contribution in [-0.4, -0.2) is 22.4 Å². The van der Waals surface area contributed by atoms with E-state index in [1.165, 1.54) is 16.7 Å². The molecule has 0 heterocycles. The second-order valence-corrected chi connectivity index (χ2v) is 7.22. The van der Waals surface area contributed by atoms with Crippen molar-refractivity contribution in [2.24, 2.45) is 5.92 Å². The van der Waals surface area contributed by atoms with Gasteiger partial charge in [-0.05, 0) is 78.6 Å². The molecule has 0 aromatic carbocycles. The zero-order valence-electron chi connectivity index (χ0n) is 14.9. The maximum absolute atomic E-state index is 10.5. The predicted molar refractivity (Wildman–Crippen MR) is 94.8 cm³/mol. The van der Waals surface area contributed by atoms with E-state index in [1.54, 1.807) is 6.92 Å². The van der Waals surface area contributed by atoms with Gasteiger partial charge >= 0.3 is 0 Å². The molecule has 0 bridgehead atoms. The van der Waals surface area contributed by atoms with Gasteiger partial charge in [0.15, 0.2) is 0 Å². The first-order chi connectivity index (χ1) is 10.3. The zero-order valence-corrected chi connectivity index (χ0v) is 14.9. The Kier molecular flexibility index (Phi) is 8.13. The molecule has 0 spiro atoms. The lowest BCUT2D eigenvalue weighted by Gasteiger charge is -2.31. The van der Waals surface area contributed by atoms with E-state index in [-0.39, 0.29) is 12.5 Å². The van der Waals surface area contributed by atoms with Crippen LogP contribution in [0.25, 0.3) is 0 Å². The molecule has 0 amide bonds. The van der Waals surface area contributed by atoms with Gasteiger partial charge in [-0.3, -0.25) is 0 Å². The SMILES string of the molecule is C/C1=C\CC/C(C)=C/CC([C@@](C)(O)CO)CC/C(C)=C/CC1. The van der Waals surface area contributed by atoms with E-state index in [1.807, 2.05) is 0 Å². The van der Waals surface area contributed by atoms with Crippen molar-refractivity contribution in [3.63, 3.8) is 0 Å². The Morgan fingerprint density at radius 3 is 2.00 bits per heavy atom. The van der Waals surface area contributed by atoms with Gasteiger partial charge in [-0.2, -0.15) is 0 Å². The average Bonchev–Trinajstić information content (AvgIpc) is 2.46. The number of hydrogen-bond acceptors (Lipinski definition) is 2. The third-order valence-corrected chi connectivity index (χ3v) is 4.90. The fraction of sp³-hybridized carbons (Fsp3) is 0.700. The Morgan fingerprint density at radius 1 is 0.955 bits per heavy atom. The summed E-state index contributed by atoms with van der Waals surface area (Å²) in [5, 5.41) is 19.9. The van der Waals surface area contributed by atoms with Crippen LogP contribution >= 0.6 is 0 Å². The molecule has 126 valence electrons. The molecule has 1 rings (SSSR count). The fourth-order valence-electron chi connectivity index (χ4n) is 2.96. The first-order valence-electron chi connectivity index (χ1n) is 8.65. The molecule has 0 aromatic heterocycles. The zero-order chi connectivity index (χ0) is 16.6. The predicted octanol–water partition coefficient (Wildman–Crippen LogP) is 4.93. The third kappa shape index (κ3) is 6.93. The van der Waals surface area contributed by atoms with Crippen molar-refractivity contribution in [1.29, 1.82) is 0 Å². The largest absolute Gasteiger partial charge is 0.393 e. The van der Waals surface area contributed by atoms with Crippen molar-refractivity contribution in [1.82, 2.24) is 0 Å². The smallest absolute Gasteiger partial charge is 0.0880 e. The van der Waals surface area contributed by atoms with Crippen LogP contribution in [0.3, 0.4) is 0 Å². The van der Waals surface area contributed by atoms with Gasteiger partial charge in [-0.1, -0.05) is 34.9 Å². The van der Waals surface area contributed by atoms with E-state index >= 15 is 0 Å². The summed E-state index contributed by atoms with van der Waals surface area (Å²) in [6.45, 7) is 8.16. The lowest BCUT2D eigenvalue weighted by Crippen LogP contribution is -2.38. The maximum Gasteiger partial charge on any atom is 0.0880 e. The number of rotatable bonds is 2. The molecule has 2 atom stereocenters. The Hall–Kier alpha value is -0.860. The Bertz CT molecular complexity index is 427. The first-order valence-corrected chi connectivity index (χ1v) is 8.65. The highest BCUT2D eigenvalue weighted by Crippen LogP contribution is 2.28. The molecular weight excluding hydrogens is 272 g/mol. The van der Waals surface area contributed by atoms with Crippen LogP contribution < -0.4 is 0 Å². The number of allylic oxidation sites excluding steroid dienone is 6. The molecule has 0 fully saturated rings. The molecule has 0 aliphatic heterocycles. The molecule has 22 heavy (non-hydrogen) atoms. The normalized spacial score (nSPS) is 32.5. The van der Waals surface area contributed by atoms with Crippen LogP contribution in [-0.2, 0) is 0 Å². The van der Waals surface area contributed by atoms with E-state index in [4.69, 9.17) is 0 Å². The summed E-state index contributed by atoms with van der Waals surface area (Å²) >= 11 is 0. The highest BCUT2D eigenvalue weighted by molar-refractivity contribution is 5.08. The third-order valence-electron chi connectivity index (χ3n) is 4.90. The van der Waals surface area contributed by atoms with Crippen molar-refractivity contribution in [2.75, 3.05) is 6.61 Å². The van der Waals surface area contributed by atoms with E-state index in [9.17, 15) is 10.2 Å². The van der Waals surface area contributed by atoms with Gasteiger partial charge < -0.3 is 10.2 Å². The van der Waals surface area contributed by atoms with Crippen molar-refractivity contribution in [3.05, 3.63) is 34.9 Å². The summed E-state index contributed by atoms with van der Waals surface area (Å²) < 4.78 is 0. The summed E-state index contributed by atoms with van der Waals surface area (Å²) in [7, 11) is 0. The fourth-order valence-corrected chi connectivity index (χ4v) is 2.96. The molecule has 0 saturated heterocycles. The average molecular weight is 306 g/mol. The minimum Gasteiger partial charge on any atom is -0.393 e. The van der Waals surface area contributed by atoms with Crippen LogP contribution in [0, 0.1) is 5.92 Å². The maximum atomic E-state index is 10.5. The van der Waals surface area contributed by atoms with Crippen LogP contribution in [0.2, 0.25) is 0 Å². The second kappa shape index (κ2) is 9.32. The van der Waals surface area contributed by atoms with E-state index in [0.29, 0.717) is 0 Å². The summed E-state index contributed by atoms with van der Waals surface area (Å²) in [6, 6.07) is 0. The van der Waals surface area contributed by atoms with Gasteiger partial charge in [0.1, 0.15) is 0 Å². The minimum absolute atomic E-state index is 0.107. The van der Waals surface area contributed by atoms with Crippen LogP contribution in [0.5, 0.6) is 0 Å². The summed E-state index contributed by atoms with van der Waals surface area (Å²) in [6.07, 6.45) is 14.1. The van der Waals surface area contributed by atoms with Crippen molar-refractivity contribution in [3.8, 4) is 0 Å². The minimum atomic E-state index is -0.995. The van der Waals surface area contributed by atoms with Gasteiger partial charge in [0.05, 0.1) is 12.2 Å². The lowest BCUT2D eigenvalue weighted by atomic mass is 9.82. The van der Waals surface area contributed by atoms with Crippen molar-refractivity contribution >= 4 is 0 Å². The van der Waals surface area contributed by atoms with Crippen molar-refractivity contribution < 1.29 is 10.2 Å². The van der Waals surface area contributed by atoms with Crippen LogP contribution in [0.1, 0.15) is 72.6 Å². The number of aliphatic hydroxyl groups excluding tert-OH is 1. The van der Waals surface area contributed by atoms with Crippen LogP contribution in [0.15, 0.2) is 34.9 Å². The molecule has 2 nitrogen and oxygen atoms in total. The number of aliphatic hydroxyl groups is 2. The molecule has 2 heteroatoms. The second-order valence-electron chi connectivity index (χ2n) is 7.22. The van der Waals surface area contributed by atoms with Crippen molar-refractivity contribution in [2.45, 2.75) is 78.2 Å². The Morgan fingerprint density at radius 2 is 1.45 bits per heavy atom. The van der Waals surface area contributed by atoms with E-state index in [2.05, 4.69) is 39.0 Å². The monoisotopic (exact) mass is 306 g/mol. The topological polar surface area (TPSA) is 40.5 Å². The van der Waals surface area contributed by atoms with Gasteiger partial charge in [-0.15, -0.1) is 0 Å². The molecule has 0 aromatic rings. The molecule has 0 radical (unpaired) electrons. The van der Waals surface area contributed by atoms with E-state index in [0.717, 1.165) is 44.9 Å². The number of hydrogen-bond donors (Lipinski definition) is 2. The van der Waals surface area contributed by atoms with Gasteiger partial charge in [0.2, 0.25) is 0 Å². The van der Waals surface area contributed by atoms with E-state index < -0.39 is 5.60 Å². The lowest BCUT2D eigenvalue weighted by molar-refractivity contribution is -0.0483. The quantitative estimate of drug-likeness (QED) is 0.710. The van der Waals surface area contributed by atoms with Gasteiger partial charge in [-0.25, -0.2) is 0 Å². The molecule has 1 unspecified atom stereocenters. The highest BCUT2D eigenvalue weighted by Gasteiger charge is 2.30. The summed E-state index contributed by atoms with van der Waals surface area (Å²) in [4.78, 5) is 0. The van der Waals surface area contributed by atoms with Gasteiger partial charge in [0, 0.05) is 0 Å². The van der Waals surface area contributed by atoms with Gasteiger partial charge in [0.25, 0.3) is 0 Å². The Labute approximate surface area is 136 Å². The highest BCUT2D eigenvalue weighted by atomic mass is 16.3. The molecule has 1 aliphatic carbocycles. The summed E-state index contributed by atoms with van der Waals surface area (Å²) in [5.41, 5.74) is 3.26. The standard InChI is InChI=1S/C20H34O2/c1-16-7-5-9-17(2)11-13-19(20(4,22)15-21)14-12-18(3)10-6-8-16/h7,10-11,19,21-22H,5-6,8-9,12-15H2,1-4H3/b16-7+,17-11+,18-10+/t19?,20-/m0/s1. The van der Waals surface area contributed by atoms with Crippen LogP contribution in [0.4, 0.5) is 0 Å². The molecule has 0 saturated carbocycles. The summed E-state index contributed by atoms with van der Waals surface area (Å²) in [5.74, 6) is 0.107. The first kappa shape index (κ1) is 19.2.